The van der Waals surface area contributed by atoms with E-state index in [0.29, 0.717) is 5.92 Å². The van der Waals surface area contributed by atoms with Gasteiger partial charge < -0.3 is 5.32 Å². The fourth-order valence-electron chi connectivity index (χ4n) is 2.63. The van der Waals surface area contributed by atoms with Crippen LogP contribution in [0.4, 0.5) is 5.82 Å². The summed E-state index contributed by atoms with van der Waals surface area (Å²) in [6.07, 6.45) is 2.92. The fourth-order valence-corrected chi connectivity index (χ4v) is 2.63. The molecule has 0 atom stereocenters. The molecule has 0 saturated carbocycles. The van der Waals surface area contributed by atoms with Gasteiger partial charge in [0, 0.05) is 23.5 Å². The van der Waals surface area contributed by atoms with Crippen LogP contribution in [0.2, 0.25) is 0 Å². The molecule has 1 N–H and O–H groups in total. The Balaban J connectivity index is 2.27. The van der Waals surface area contributed by atoms with E-state index in [1.807, 2.05) is 12.3 Å². The lowest BCUT2D eigenvalue weighted by Crippen LogP contribution is -2.06. The summed E-state index contributed by atoms with van der Waals surface area (Å²) in [6, 6.07) is 10.5. The molecule has 0 amide bonds. The zero-order valence-electron chi connectivity index (χ0n) is 12.9. The smallest absolute Gasteiger partial charge is 0.130 e. The highest BCUT2D eigenvalue weighted by molar-refractivity contribution is 6.04. The molecule has 3 heteroatoms. The Hall–Kier alpha value is -2.16. The summed E-state index contributed by atoms with van der Waals surface area (Å²) in [5.41, 5.74) is 3.30. The second kappa shape index (κ2) is 5.68. The summed E-state index contributed by atoms with van der Waals surface area (Å²) in [4.78, 5) is 9.33. The maximum Gasteiger partial charge on any atom is 0.130 e. The van der Waals surface area contributed by atoms with Crippen molar-refractivity contribution in [2.75, 3.05) is 11.9 Å². The highest BCUT2D eigenvalue weighted by Crippen LogP contribution is 2.30. The maximum atomic E-state index is 4.91. The second-order valence-corrected chi connectivity index (χ2v) is 5.72. The van der Waals surface area contributed by atoms with Gasteiger partial charge in [0.15, 0.2) is 0 Å². The number of benzene rings is 1. The molecule has 1 aromatic carbocycles. The summed E-state index contributed by atoms with van der Waals surface area (Å²) >= 11 is 0. The Labute approximate surface area is 125 Å². The minimum Gasteiger partial charge on any atom is -0.370 e. The van der Waals surface area contributed by atoms with Crippen LogP contribution < -0.4 is 5.32 Å². The number of pyridine rings is 2. The average Bonchev–Trinajstić information content (AvgIpc) is 2.51. The van der Waals surface area contributed by atoms with E-state index >= 15 is 0 Å². The normalized spacial score (nSPS) is 11.4. The van der Waals surface area contributed by atoms with Crippen LogP contribution in [0.3, 0.4) is 0 Å². The van der Waals surface area contributed by atoms with Crippen molar-refractivity contribution < 1.29 is 0 Å². The Morgan fingerprint density at radius 2 is 2.05 bits per heavy atom. The summed E-state index contributed by atoms with van der Waals surface area (Å²) in [5, 5.41) is 5.77. The third-order valence-corrected chi connectivity index (χ3v) is 3.76. The van der Waals surface area contributed by atoms with Crippen molar-refractivity contribution in [1.82, 2.24) is 9.97 Å². The Morgan fingerprint density at radius 3 is 2.81 bits per heavy atom. The molecule has 3 aromatic rings. The molecule has 0 saturated heterocycles. The first-order valence-corrected chi connectivity index (χ1v) is 7.63. The lowest BCUT2D eigenvalue weighted by Gasteiger charge is -2.15. The third-order valence-electron chi connectivity index (χ3n) is 3.76. The lowest BCUT2D eigenvalue weighted by atomic mass is 10.0. The monoisotopic (exact) mass is 279 g/mol. The summed E-state index contributed by atoms with van der Waals surface area (Å²) in [5.74, 6) is 1.46. The summed E-state index contributed by atoms with van der Waals surface area (Å²) in [6.45, 7) is 7.54. The molecule has 2 aromatic heterocycles. The van der Waals surface area contributed by atoms with Crippen LogP contribution in [0, 0.1) is 0 Å². The molecular formula is C18H21N3. The van der Waals surface area contributed by atoms with Crippen molar-refractivity contribution in [2.45, 2.75) is 33.1 Å². The van der Waals surface area contributed by atoms with Gasteiger partial charge in [0.2, 0.25) is 0 Å². The highest BCUT2D eigenvalue weighted by atomic mass is 15.0. The van der Waals surface area contributed by atoms with Crippen LogP contribution in [-0.2, 0) is 0 Å². The van der Waals surface area contributed by atoms with Crippen molar-refractivity contribution in [3.05, 3.63) is 42.1 Å². The Kier molecular flexibility index (Phi) is 3.74. The van der Waals surface area contributed by atoms with Crippen LogP contribution >= 0.6 is 0 Å². The largest absolute Gasteiger partial charge is 0.370 e. The van der Waals surface area contributed by atoms with Gasteiger partial charge in [-0.25, -0.2) is 4.98 Å². The van der Waals surface area contributed by atoms with Crippen LogP contribution in [-0.4, -0.2) is 16.5 Å². The molecule has 3 nitrogen and oxygen atoms in total. The van der Waals surface area contributed by atoms with E-state index in [-0.39, 0.29) is 0 Å². The zero-order valence-corrected chi connectivity index (χ0v) is 12.9. The number of rotatable bonds is 4. The molecule has 2 heterocycles. The third kappa shape index (κ3) is 2.56. The van der Waals surface area contributed by atoms with Gasteiger partial charge in [-0.3, -0.25) is 4.98 Å². The van der Waals surface area contributed by atoms with Gasteiger partial charge in [0.05, 0.1) is 11.0 Å². The van der Waals surface area contributed by atoms with Gasteiger partial charge in [-0.15, -0.1) is 0 Å². The van der Waals surface area contributed by atoms with E-state index in [1.54, 1.807) is 0 Å². The number of anilines is 1. The number of hydrogen-bond acceptors (Lipinski definition) is 3. The van der Waals surface area contributed by atoms with E-state index in [4.69, 9.17) is 4.98 Å². The van der Waals surface area contributed by atoms with E-state index in [0.717, 1.165) is 35.2 Å². The molecule has 108 valence electrons. The molecular weight excluding hydrogens is 258 g/mol. The number of hydrogen-bond donors (Lipinski definition) is 1. The predicted molar refractivity (Wildman–Crippen MR) is 89.9 cm³/mol. The number of nitrogens with zero attached hydrogens (tertiary/aromatic N) is 2. The molecule has 0 aliphatic carbocycles. The number of aromatic nitrogens is 2. The van der Waals surface area contributed by atoms with Crippen molar-refractivity contribution in [3.63, 3.8) is 0 Å². The molecule has 3 rings (SSSR count). The molecule has 0 spiro atoms. The van der Waals surface area contributed by atoms with Crippen molar-refractivity contribution in [2.24, 2.45) is 0 Å². The Bertz CT molecular complexity index is 778. The maximum absolute atomic E-state index is 4.91. The SMILES string of the molecule is CCCNc1nc2c(ccc3ncccc32)cc1C(C)C. The van der Waals surface area contributed by atoms with Gasteiger partial charge >= 0.3 is 0 Å². The van der Waals surface area contributed by atoms with Crippen LogP contribution in [0.15, 0.2) is 36.5 Å². The molecule has 0 bridgehead atoms. The first-order valence-electron chi connectivity index (χ1n) is 7.63. The minimum atomic E-state index is 0.450. The summed E-state index contributed by atoms with van der Waals surface area (Å²) in [7, 11) is 0. The van der Waals surface area contributed by atoms with Gasteiger partial charge in [-0.2, -0.15) is 0 Å². The van der Waals surface area contributed by atoms with Gasteiger partial charge in [0.25, 0.3) is 0 Å². The van der Waals surface area contributed by atoms with Crippen molar-refractivity contribution in [1.29, 1.82) is 0 Å². The quantitative estimate of drug-likeness (QED) is 0.702. The molecule has 0 fully saturated rings. The average molecular weight is 279 g/mol. The van der Waals surface area contributed by atoms with E-state index in [1.165, 1.54) is 10.9 Å². The number of fused-ring (bicyclic) bond motifs is 3. The first kappa shape index (κ1) is 13.8. The van der Waals surface area contributed by atoms with Crippen molar-refractivity contribution >= 4 is 27.6 Å². The molecule has 21 heavy (non-hydrogen) atoms. The number of nitrogens with one attached hydrogen (secondary N) is 1. The van der Waals surface area contributed by atoms with Gasteiger partial charge in [-0.1, -0.05) is 26.8 Å². The van der Waals surface area contributed by atoms with Crippen LogP contribution in [0.5, 0.6) is 0 Å². The molecule has 0 radical (unpaired) electrons. The Morgan fingerprint density at radius 1 is 1.19 bits per heavy atom. The molecule has 0 aliphatic rings. The standard InChI is InChI=1S/C18H21N3/c1-4-9-20-18-15(12(2)3)11-13-7-8-16-14(17(13)21-18)6-5-10-19-16/h5-8,10-12H,4,9H2,1-3H3,(H,20,21). The molecule has 0 aliphatic heterocycles. The van der Waals surface area contributed by atoms with Crippen LogP contribution in [0.25, 0.3) is 21.8 Å². The van der Waals surface area contributed by atoms with Gasteiger partial charge in [-0.05, 0) is 42.2 Å². The van der Waals surface area contributed by atoms with Gasteiger partial charge in [0.1, 0.15) is 5.82 Å². The van der Waals surface area contributed by atoms with E-state index in [2.05, 4.69) is 55.3 Å². The first-order chi connectivity index (χ1) is 10.2. The van der Waals surface area contributed by atoms with E-state index < -0.39 is 0 Å². The van der Waals surface area contributed by atoms with Crippen LogP contribution in [0.1, 0.15) is 38.7 Å². The molecule has 0 unspecified atom stereocenters. The topological polar surface area (TPSA) is 37.8 Å². The zero-order chi connectivity index (χ0) is 14.8. The summed E-state index contributed by atoms with van der Waals surface area (Å²) < 4.78 is 0. The van der Waals surface area contributed by atoms with E-state index in [9.17, 15) is 0 Å². The van der Waals surface area contributed by atoms with Crippen molar-refractivity contribution in [3.8, 4) is 0 Å². The minimum absolute atomic E-state index is 0.450. The fraction of sp³-hybridized carbons (Fsp3) is 0.333. The second-order valence-electron chi connectivity index (χ2n) is 5.72. The predicted octanol–water partition coefficient (Wildman–Crippen LogP) is 4.73. The highest BCUT2D eigenvalue weighted by Gasteiger charge is 2.11. The lowest BCUT2D eigenvalue weighted by molar-refractivity contribution is 0.857.